The molecule has 0 fully saturated rings. The Kier molecular flexibility index (Phi) is 4.50. The van der Waals surface area contributed by atoms with Gasteiger partial charge in [0.05, 0.1) is 9.26 Å². The molecule has 18 heavy (non-hydrogen) atoms. The summed E-state index contributed by atoms with van der Waals surface area (Å²) in [6, 6.07) is 3.90. The zero-order valence-electron chi connectivity index (χ0n) is 10.2. The summed E-state index contributed by atoms with van der Waals surface area (Å²) in [6.45, 7) is 4.12. The van der Waals surface area contributed by atoms with Crippen LogP contribution in [-0.4, -0.2) is 15.0 Å². The second kappa shape index (κ2) is 5.93. The van der Waals surface area contributed by atoms with Crippen LogP contribution in [0, 0.1) is 10.5 Å². The summed E-state index contributed by atoms with van der Waals surface area (Å²) >= 11 is 8.37. The van der Waals surface area contributed by atoms with Gasteiger partial charge in [0, 0.05) is 6.20 Å². The number of rotatable bonds is 3. The molecule has 2 rings (SSSR count). The molecule has 5 heteroatoms. The van der Waals surface area contributed by atoms with Crippen molar-refractivity contribution in [2.24, 2.45) is 0 Å². The standard InChI is InChI=1S/C13H13ClIN3/c1-3-5-9-10(15)12(14)18-13(17-9)11-8(2)6-4-7-16-11/h4,6-7H,3,5H2,1-2H3. The van der Waals surface area contributed by atoms with Crippen molar-refractivity contribution in [1.29, 1.82) is 0 Å². The second-order valence-corrected chi connectivity index (χ2v) is 5.45. The maximum absolute atomic E-state index is 6.17. The first-order valence-corrected chi connectivity index (χ1v) is 7.23. The van der Waals surface area contributed by atoms with Gasteiger partial charge in [-0.15, -0.1) is 0 Å². The van der Waals surface area contributed by atoms with Crippen LogP contribution in [0.4, 0.5) is 0 Å². The summed E-state index contributed by atoms with van der Waals surface area (Å²) in [6.07, 6.45) is 3.68. The Balaban J connectivity index is 2.56. The molecule has 2 aromatic rings. The Morgan fingerprint density at radius 2 is 2.11 bits per heavy atom. The van der Waals surface area contributed by atoms with Gasteiger partial charge in [0.25, 0.3) is 0 Å². The molecule has 2 heterocycles. The van der Waals surface area contributed by atoms with Crippen molar-refractivity contribution < 1.29 is 0 Å². The largest absolute Gasteiger partial charge is 0.253 e. The van der Waals surface area contributed by atoms with Crippen LogP contribution in [0.15, 0.2) is 18.3 Å². The third-order valence-electron chi connectivity index (χ3n) is 2.59. The molecular weight excluding hydrogens is 361 g/mol. The topological polar surface area (TPSA) is 38.7 Å². The lowest BCUT2D eigenvalue weighted by Gasteiger charge is -2.08. The lowest BCUT2D eigenvalue weighted by atomic mass is 10.2. The summed E-state index contributed by atoms with van der Waals surface area (Å²) < 4.78 is 0.938. The average Bonchev–Trinajstić information content (AvgIpc) is 2.35. The van der Waals surface area contributed by atoms with E-state index in [0.29, 0.717) is 11.0 Å². The van der Waals surface area contributed by atoms with E-state index in [2.05, 4.69) is 44.5 Å². The number of halogens is 2. The fourth-order valence-electron chi connectivity index (χ4n) is 1.69. The molecule has 0 N–H and O–H groups in total. The van der Waals surface area contributed by atoms with Crippen molar-refractivity contribution in [3.63, 3.8) is 0 Å². The van der Waals surface area contributed by atoms with Crippen molar-refractivity contribution in [3.05, 3.63) is 38.3 Å². The number of nitrogens with zero attached hydrogens (tertiary/aromatic N) is 3. The first kappa shape index (κ1) is 13.7. The predicted molar refractivity (Wildman–Crippen MR) is 81.7 cm³/mol. The van der Waals surface area contributed by atoms with Crippen molar-refractivity contribution in [2.75, 3.05) is 0 Å². The molecule has 0 unspecified atom stereocenters. The van der Waals surface area contributed by atoms with E-state index in [4.69, 9.17) is 11.6 Å². The quantitative estimate of drug-likeness (QED) is 0.601. The van der Waals surface area contributed by atoms with Crippen LogP contribution < -0.4 is 0 Å². The molecule has 0 bridgehead atoms. The van der Waals surface area contributed by atoms with E-state index in [0.717, 1.165) is 33.4 Å². The number of aromatic nitrogens is 3. The minimum absolute atomic E-state index is 0.508. The number of pyridine rings is 1. The van der Waals surface area contributed by atoms with Crippen LogP contribution in [0.1, 0.15) is 24.6 Å². The van der Waals surface area contributed by atoms with Gasteiger partial charge in [-0.25, -0.2) is 9.97 Å². The molecule has 0 aliphatic carbocycles. The number of hydrogen-bond donors (Lipinski definition) is 0. The maximum Gasteiger partial charge on any atom is 0.180 e. The third-order valence-corrected chi connectivity index (χ3v) is 4.31. The third kappa shape index (κ3) is 2.80. The fraction of sp³-hybridized carbons (Fsp3) is 0.308. The maximum atomic E-state index is 6.17. The van der Waals surface area contributed by atoms with E-state index in [1.54, 1.807) is 6.20 Å². The van der Waals surface area contributed by atoms with Crippen LogP contribution in [0.5, 0.6) is 0 Å². The van der Waals surface area contributed by atoms with Gasteiger partial charge in [-0.2, -0.15) is 0 Å². The molecular formula is C13H13ClIN3. The highest BCUT2D eigenvalue weighted by molar-refractivity contribution is 14.1. The summed E-state index contributed by atoms with van der Waals surface area (Å²) in [5, 5.41) is 0.508. The van der Waals surface area contributed by atoms with Crippen molar-refractivity contribution in [2.45, 2.75) is 26.7 Å². The smallest absolute Gasteiger partial charge is 0.180 e. The van der Waals surface area contributed by atoms with Crippen LogP contribution in [-0.2, 0) is 6.42 Å². The highest BCUT2D eigenvalue weighted by atomic mass is 127. The number of aryl methyl sites for hydroxylation is 2. The van der Waals surface area contributed by atoms with Crippen LogP contribution in [0.2, 0.25) is 5.15 Å². The Morgan fingerprint density at radius 3 is 2.78 bits per heavy atom. The Morgan fingerprint density at radius 1 is 1.33 bits per heavy atom. The molecule has 0 amide bonds. The predicted octanol–water partition coefficient (Wildman–Crippen LogP) is 4.06. The zero-order valence-corrected chi connectivity index (χ0v) is 13.2. The van der Waals surface area contributed by atoms with E-state index in [9.17, 15) is 0 Å². The normalized spacial score (nSPS) is 10.7. The van der Waals surface area contributed by atoms with E-state index in [1.165, 1.54) is 0 Å². The molecule has 0 aromatic carbocycles. The highest BCUT2D eigenvalue weighted by Crippen LogP contribution is 2.25. The van der Waals surface area contributed by atoms with Gasteiger partial charge >= 0.3 is 0 Å². The molecule has 3 nitrogen and oxygen atoms in total. The minimum Gasteiger partial charge on any atom is -0.253 e. The molecule has 0 saturated heterocycles. The van der Waals surface area contributed by atoms with Crippen LogP contribution in [0.3, 0.4) is 0 Å². The zero-order chi connectivity index (χ0) is 13.1. The van der Waals surface area contributed by atoms with Crippen molar-refractivity contribution in [3.8, 4) is 11.5 Å². The molecule has 0 spiro atoms. The van der Waals surface area contributed by atoms with Crippen molar-refractivity contribution in [1.82, 2.24) is 15.0 Å². The monoisotopic (exact) mass is 373 g/mol. The molecule has 0 atom stereocenters. The molecule has 94 valence electrons. The van der Waals surface area contributed by atoms with Crippen LogP contribution in [0.25, 0.3) is 11.5 Å². The average molecular weight is 374 g/mol. The van der Waals surface area contributed by atoms with Crippen LogP contribution >= 0.6 is 34.2 Å². The molecule has 0 aliphatic rings. The van der Waals surface area contributed by atoms with Gasteiger partial charge in [0.15, 0.2) is 5.82 Å². The molecule has 2 aromatic heterocycles. The minimum atomic E-state index is 0.508. The lowest BCUT2D eigenvalue weighted by molar-refractivity contribution is 0.865. The van der Waals surface area contributed by atoms with Gasteiger partial charge in [-0.3, -0.25) is 4.98 Å². The molecule has 0 aliphatic heterocycles. The van der Waals surface area contributed by atoms with Gasteiger partial charge in [-0.1, -0.05) is 31.0 Å². The fourth-order valence-corrected chi connectivity index (χ4v) is 2.39. The van der Waals surface area contributed by atoms with E-state index in [-0.39, 0.29) is 0 Å². The van der Waals surface area contributed by atoms with E-state index < -0.39 is 0 Å². The van der Waals surface area contributed by atoms with Gasteiger partial charge in [0.1, 0.15) is 10.8 Å². The lowest BCUT2D eigenvalue weighted by Crippen LogP contribution is -2.02. The second-order valence-electron chi connectivity index (χ2n) is 4.02. The summed E-state index contributed by atoms with van der Waals surface area (Å²) in [5.41, 5.74) is 2.85. The Bertz CT molecular complexity index is 572. The Hall–Kier alpha value is -0.750. The first-order valence-electron chi connectivity index (χ1n) is 5.77. The van der Waals surface area contributed by atoms with Gasteiger partial charge in [-0.05, 0) is 47.6 Å². The van der Waals surface area contributed by atoms with Gasteiger partial charge in [0.2, 0.25) is 0 Å². The van der Waals surface area contributed by atoms with Gasteiger partial charge < -0.3 is 0 Å². The summed E-state index contributed by atoms with van der Waals surface area (Å²) in [5.74, 6) is 0.613. The SMILES string of the molecule is CCCc1nc(-c2ncccc2C)nc(Cl)c1I. The Labute approximate surface area is 125 Å². The van der Waals surface area contributed by atoms with Crippen molar-refractivity contribution >= 4 is 34.2 Å². The summed E-state index contributed by atoms with van der Waals surface area (Å²) in [4.78, 5) is 13.3. The summed E-state index contributed by atoms with van der Waals surface area (Å²) in [7, 11) is 0. The van der Waals surface area contributed by atoms with E-state index >= 15 is 0 Å². The van der Waals surface area contributed by atoms with E-state index in [1.807, 2.05) is 19.1 Å². The number of hydrogen-bond acceptors (Lipinski definition) is 3. The highest BCUT2D eigenvalue weighted by Gasteiger charge is 2.13. The molecule has 0 saturated carbocycles. The first-order chi connectivity index (χ1) is 8.63. The molecule has 0 radical (unpaired) electrons.